The zero-order valence-corrected chi connectivity index (χ0v) is 48.3. The third-order valence-electron chi connectivity index (χ3n) is 18.9. The molecule has 6 fully saturated rings. The summed E-state index contributed by atoms with van der Waals surface area (Å²) in [5, 5.41) is 36.3. The fourth-order valence-corrected chi connectivity index (χ4v) is 14.7. The van der Waals surface area contributed by atoms with Crippen LogP contribution >= 0.6 is 0 Å². The van der Waals surface area contributed by atoms with Gasteiger partial charge in [-0.2, -0.15) is 19.9 Å². The minimum Gasteiger partial charge on any atom is -0.508 e. The van der Waals surface area contributed by atoms with Gasteiger partial charge in [-0.05, 0) is 120 Å². The van der Waals surface area contributed by atoms with Crippen molar-refractivity contribution in [1.82, 2.24) is 55.2 Å². The third-order valence-corrected chi connectivity index (χ3v) is 18.9. The molecule has 6 atom stereocenters. The van der Waals surface area contributed by atoms with Crippen LogP contribution in [0.5, 0.6) is 23.5 Å². The van der Waals surface area contributed by atoms with Gasteiger partial charge >= 0.3 is 18.1 Å². The smallest absolute Gasteiger partial charge is 0.319 e. The number of pyridine rings is 2. The Morgan fingerprint density at radius 3 is 2.03 bits per heavy atom. The number of anilines is 2. The Balaban J connectivity index is 0.813. The molecule has 458 valence electrons. The summed E-state index contributed by atoms with van der Waals surface area (Å²) in [6, 6.07) is 8.20. The highest BCUT2D eigenvalue weighted by molar-refractivity contribution is 6.04. The number of nitrogens with zero attached hydrogens (tertiary/aromatic N) is 9. The van der Waals surface area contributed by atoms with Crippen LogP contribution in [0.15, 0.2) is 54.9 Å². The lowest BCUT2D eigenvalue weighted by Crippen LogP contribution is -2.52. The number of aromatic hydroxyl groups is 2. The van der Waals surface area contributed by atoms with Crippen molar-refractivity contribution < 1.29 is 55.6 Å². The molecule has 0 radical (unpaired) electrons. The number of rotatable bonds is 18. The fraction of sp³-hybridized carbons (Fsp3) is 0.429. The van der Waals surface area contributed by atoms with Crippen LogP contribution in [0.25, 0.3) is 65.9 Å². The van der Waals surface area contributed by atoms with Gasteiger partial charge in [0.05, 0.1) is 27.9 Å². The van der Waals surface area contributed by atoms with Gasteiger partial charge < -0.3 is 45.9 Å². The first-order valence-electron chi connectivity index (χ1n) is 30.0. The topological polar surface area (TPSA) is 228 Å². The van der Waals surface area contributed by atoms with E-state index in [4.69, 9.17) is 9.47 Å². The van der Waals surface area contributed by atoms with Crippen molar-refractivity contribution in [2.75, 3.05) is 76.2 Å². The van der Waals surface area contributed by atoms with Gasteiger partial charge in [-0.25, -0.2) is 31.1 Å². The summed E-state index contributed by atoms with van der Waals surface area (Å²) in [5.41, 5.74) is -1.38. The number of phenolic OH excluding ortho intramolecular Hbond substituents is 2. The zero-order valence-electron chi connectivity index (χ0n) is 48.3. The second-order valence-electron chi connectivity index (χ2n) is 24.1. The molecular formula is C63H63F6N13O6. The summed E-state index contributed by atoms with van der Waals surface area (Å²) in [4.78, 5) is 57.4. The lowest BCUT2D eigenvalue weighted by molar-refractivity contribution is -0.127. The zero-order chi connectivity index (χ0) is 60.9. The van der Waals surface area contributed by atoms with Crippen LogP contribution in [0, 0.1) is 23.3 Å². The van der Waals surface area contributed by atoms with Crippen molar-refractivity contribution in [1.29, 1.82) is 0 Å². The summed E-state index contributed by atoms with van der Waals surface area (Å²) in [6.45, 7) is 5.95. The van der Waals surface area contributed by atoms with E-state index in [-0.39, 0.29) is 180 Å². The molecule has 10 heterocycles. The van der Waals surface area contributed by atoms with Gasteiger partial charge in [0.25, 0.3) is 0 Å². The second kappa shape index (κ2) is 22.2. The van der Waals surface area contributed by atoms with Crippen molar-refractivity contribution in [3.63, 3.8) is 0 Å². The number of amides is 3. The lowest BCUT2D eigenvalue weighted by atomic mass is 9.88. The molecule has 4 aromatic heterocycles. The van der Waals surface area contributed by atoms with Gasteiger partial charge in [-0.15, -0.1) is 0 Å². The number of urea groups is 1. The standard InChI is InChI=1S/C63H63F6N13O6/c1-3-37-45(66)7-6-31-16-35(83)19-41(49(31)37)53-51(68)55-43(25-72-53)57(70-11-14-80-15-12-71-61(80)86)78-59(76-55)88-30-63-10-8-47(82(63)28-33(65)23-63)39-21-46(67)38(4-2)50-40(39)18-36(84)20-42(50)54-52(69)56-44(26-73-54)58(74-24-34-17-48(85)75-34)79-60(77-56)87-29-62-9-5-13-81(62)27-32(64)22-62/h6-7,16,18-21,25-26,32-34,47,83-84H,3-5,8-15,17,22-24,27-30H2,1-2H3,(H,71,86)(H,75,85)(H,70,76,78)(H,74,77,79)/t32-,33-,34?,47?,62+,63+/m1/s1. The maximum absolute atomic E-state index is 17.8. The Bertz CT molecular complexity index is 4180. The number of halogens is 6. The van der Waals surface area contributed by atoms with Crippen molar-refractivity contribution in [2.45, 2.75) is 107 Å². The van der Waals surface area contributed by atoms with Gasteiger partial charge in [0, 0.05) is 94.6 Å². The van der Waals surface area contributed by atoms with E-state index >= 15 is 22.0 Å². The van der Waals surface area contributed by atoms with Crippen molar-refractivity contribution >= 4 is 66.9 Å². The summed E-state index contributed by atoms with van der Waals surface area (Å²) in [5.74, 6) is -3.24. The number of fused-ring (bicyclic) bond motifs is 6. The second-order valence-corrected chi connectivity index (χ2v) is 24.1. The molecule has 6 N–H and O–H groups in total. The molecule has 4 aromatic carbocycles. The summed E-state index contributed by atoms with van der Waals surface area (Å²) < 4.78 is 111. The summed E-state index contributed by atoms with van der Waals surface area (Å²) in [6.07, 6.45) is 3.60. The molecule has 25 heteroatoms. The number of hydrogen-bond acceptors (Lipinski definition) is 16. The molecule has 6 saturated heterocycles. The highest BCUT2D eigenvalue weighted by Gasteiger charge is 2.55. The normalized spacial score (nSPS) is 23.5. The number of hydrogen-bond donors (Lipinski definition) is 6. The Hall–Kier alpha value is -8.58. The maximum atomic E-state index is 17.8. The molecule has 0 aliphatic carbocycles. The summed E-state index contributed by atoms with van der Waals surface area (Å²) >= 11 is 0. The minimum absolute atomic E-state index is 0.00506. The molecule has 19 nitrogen and oxygen atoms in total. The van der Waals surface area contributed by atoms with Crippen molar-refractivity contribution in [3.8, 4) is 46.0 Å². The molecule has 6 aliphatic rings. The number of carbonyl (C=O) groups is 2. The molecular weight excluding hydrogens is 1150 g/mol. The van der Waals surface area contributed by atoms with E-state index in [1.807, 2.05) is 4.90 Å². The van der Waals surface area contributed by atoms with Crippen LogP contribution in [0.2, 0.25) is 0 Å². The van der Waals surface area contributed by atoms with Gasteiger partial charge in [0.1, 0.15) is 82.7 Å². The van der Waals surface area contributed by atoms with Gasteiger partial charge in [-0.3, -0.25) is 24.6 Å². The minimum atomic E-state index is -1.37. The molecule has 2 unspecified atom stereocenters. The average molecular weight is 1210 g/mol. The first-order chi connectivity index (χ1) is 42.5. The van der Waals surface area contributed by atoms with Crippen LogP contribution in [0.1, 0.15) is 81.5 Å². The van der Waals surface area contributed by atoms with Crippen LogP contribution in [-0.4, -0.2) is 162 Å². The van der Waals surface area contributed by atoms with Crippen LogP contribution in [0.3, 0.4) is 0 Å². The molecule has 6 aliphatic heterocycles. The third kappa shape index (κ3) is 9.83. The molecule has 3 amide bonds. The van der Waals surface area contributed by atoms with Crippen molar-refractivity contribution in [3.05, 3.63) is 94.8 Å². The Morgan fingerprint density at radius 2 is 1.36 bits per heavy atom. The van der Waals surface area contributed by atoms with Gasteiger partial charge in [-0.1, -0.05) is 19.9 Å². The first-order valence-corrected chi connectivity index (χ1v) is 30.0. The predicted octanol–water partition coefficient (Wildman–Crippen LogP) is 9.48. The van der Waals surface area contributed by atoms with Gasteiger partial charge in [0.2, 0.25) is 5.91 Å². The molecule has 8 aromatic rings. The van der Waals surface area contributed by atoms with Crippen LogP contribution < -0.4 is 30.7 Å². The lowest BCUT2D eigenvalue weighted by Gasteiger charge is -2.35. The maximum Gasteiger partial charge on any atom is 0.319 e. The number of aromatic nitrogens is 6. The number of β-lactam (4-membered cyclic amide) rings is 1. The number of aryl methyl sites for hydroxylation is 2. The molecule has 0 bridgehead atoms. The number of alkyl halides is 2. The number of ether oxygens (including phenoxy) is 2. The number of phenols is 2. The molecule has 14 rings (SSSR count). The molecule has 0 saturated carbocycles. The van der Waals surface area contributed by atoms with E-state index in [9.17, 15) is 24.2 Å². The van der Waals surface area contributed by atoms with E-state index < -0.39 is 52.7 Å². The van der Waals surface area contributed by atoms with Crippen molar-refractivity contribution in [2.24, 2.45) is 0 Å². The monoisotopic (exact) mass is 1210 g/mol. The first kappa shape index (κ1) is 57.2. The molecule has 0 spiro atoms. The highest BCUT2D eigenvalue weighted by Crippen LogP contribution is 2.53. The average Bonchev–Trinajstić information content (AvgIpc) is 2.06. The van der Waals surface area contributed by atoms with Gasteiger partial charge in [0.15, 0.2) is 11.6 Å². The number of benzene rings is 4. The number of nitrogens with one attached hydrogen (secondary N) is 4. The van der Waals surface area contributed by atoms with E-state index in [0.29, 0.717) is 66.2 Å². The number of carbonyl (C=O) groups excluding carboxylic acids is 2. The highest BCUT2D eigenvalue weighted by atomic mass is 19.2. The van der Waals surface area contributed by atoms with Crippen LogP contribution in [-0.2, 0) is 17.6 Å². The van der Waals surface area contributed by atoms with E-state index in [1.165, 1.54) is 54.9 Å². The van der Waals surface area contributed by atoms with Crippen LogP contribution in [0.4, 0.5) is 42.8 Å². The van der Waals surface area contributed by atoms with E-state index in [2.05, 4.69) is 56.1 Å². The fourth-order valence-electron chi connectivity index (χ4n) is 14.7. The van der Waals surface area contributed by atoms with E-state index in [1.54, 1.807) is 18.7 Å². The quantitative estimate of drug-likeness (QED) is 0.0347. The largest absolute Gasteiger partial charge is 0.508 e. The SMILES string of the molecule is CCc1c(F)ccc2cc(O)cc(-c3ncc4c(NCCN5CCNC5=O)nc(OC[C@@]56CCC(c7cc(F)c(CC)c8c(-c9ncc%10c(NCC%11CC(=O)N%11)nc(OC[C@@]%11%12CCCN%11C[C@H](F)C%12)nc%10c9F)cc(O)cc78)N5C[C@H](F)C6)nc4c3F)c12. The summed E-state index contributed by atoms with van der Waals surface area (Å²) in [7, 11) is 0. The molecule has 88 heavy (non-hydrogen) atoms. The Morgan fingerprint density at radius 1 is 0.727 bits per heavy atom. The van der Waals surface area contributed by atoms with E-state index in [0.717, 1.165) is 13.0 Å². The Labute approximate surface area is 500 Å². The Kier molecular flexibility index (Phi) is 14.4. The predicted molar refractivity (Wildman–Crippen MR) is 316 cm³/mol.